The largest absolute Gasteiger partial charge is 0.299 e. The molecule has 6 aliphatic rings. The van der Waals surface area contributed by atoms with Crippen LogP contribution in [0.2, 0.25) is 0 Å². The number of rotatable bonds is 0. The van der Waals surface area contributed by atoms with E-state index in [2.05, 4.69) is 23.1 Å². The first-order valence-electron chi connectivity index (χ1n) is 5.56. The van der Waals surface area contributed by atoms with Crippen LogP contribution < -0.4 is 0 Å². The standard InChI is InChI=1S/C12H16N2/c1-3-11-4-2-10(1)9-14-7-5-12(13-11)6-8-14/h1-3,12H,4-9H2. The Kier molecular flexibility index (Phi) is 2.02. The van der Waals surface area contributed by atoms with Crippen LogP contribution in [0.4, 0.5) is 0 Å². The fraction of sp³-hybridized carbons (Fsp3) is 0.583. The van der Waals surface area contributed by atoms with E-state index in [1.807, 2.05) is 0 Å². The van der Waals surface area contributed by atoms with E-state index in [4.69, 9.17) is 4.99 Å². The molecule has 0 aromatic rings. The Morgan fingerprint density at radius 2 is 2.07 bits per heavy atom. The summed E-state index contributed by atoms with van der Waals surface area (Å²) in [5.41, 5.74) is 2.76. The predicted molar refractivity (Wildman–Crippen MR) is 58.7 cm³/mol. The Morgan fingerprint density at radius 1 is 1.21 bits per heavy atom. The van der Waals surface area contributed by atoms with Crippen molar-refractivity contribution in [2.45, 2.75) is 25.3 Å². The van der Waals surface area contributed by atoms with Crippen LogP contribution in [0, 0.1) is 0 Å². The molecular weight excluding hydrogens is 172 g/mol. The van der Waals surface area contributed by atoms with Crippen molar-refractivity contribution in [1.29, 1.82) is 0 Å². The second-order valence-electron chi connectivity index (χ2n) is 4.44. The van der Waals surface area contributed by atoms with Crippen LogP contribution in [0.3, 0.4) is 0 Å². The lowest BCUT2D eigenvalue weighted by atomic mass is 9.99. The van der Waals surface area contributed by atoms with Crippen molar-refractivity contribution in [3.05, 3.63) is 23.8 Å². The van der Waals surface area contributed by atoms with Crippen molar-refractivity contribution in [1.82, 2.24) is 4.90 Å². The molecule has 2 nitrogen and oxygen atoms in total. The van der Waals surface area contributed by atoms with Gasteiger partial charge in [0.2, 0.25) is 0 Å². The molecule has 14 heavy (non-hydrogen) atoms. The van der Waals surface area contributed by atoms with Crippen LogP contribution in [-0.4, -0.2) is 36.3 Å². The summed E-state index contributed by atoms with van der Waals surface area (Å²) in [5.74, 6) is 0. The highest BCUT2D eigenvalue weighted by Gasteiger charge is 2.21. The minimum Gasteiger partial charge on any atom is -0.299 e. The van der Waals surface area contributed by atoms with Crippen LogP contribution in [0.15, 0.2) is 28.8 Å². The van der Waals surface area contributed by atoms with Gasteiger partial charge in [-0.05, 0) is 24.5 Å². The quantitative estimate of drug-likeness (QED) is 0.566. The Balaban J connectivity index is 1.95. The molecule has 5 aliphatic heterocycles. The van der Waals surface area contributed by atoms with Crippen molar-refractivity contribution in [2.24, 2.45) is 4.99 Å². The second-order valence-corrected chi connectivity index (χ2v) is 4.44. The lowest BCUT2D eigenvalue weighted by Crippen LogP contribution is -2.37. The molecule has 6 rings (SSSR count). The number of aliphatic imine (C=N–C) groups is 1. The lowest BCUT2D eigenvalue weighted by Gasteiger charge is -2.32. The zero-order valence-corrected chi connectivity index (χ0v) is 8.45. The Bertz CT molecular complexity index is 317. The van der Waals surface area contributed by atoms with E-state index in [1.165, 1.54) is 37.2 Å². The Labute approximate surface area is 85.0 Å². The first kappa shape index (κ1) is 8.42. The molecule has 1 fully saturated rings. The molecule has 0 saturated carbocycles. The molecule has 0 unspecified atom stereocenters. The average molecular weight is 188 g/mol. The van der Waals surface area contributed by atoms with Gasteiger partial charge in [-0.2, -0.15) is 0 Å². The van der Waals surface area contributed by atoms with Gasteiger partial charge in [0.05, 0.1) is 6.04 Å². The van der Waals surface area contributed by atoms with Crippen molar-refractivity contribution in [2.75, 3.05) is 19.6 Å². The molecule has 0 aromatic carbocycles. The molecule has 5 heterocycles. The van der Waals surface area contributed by atoms with Crippen molar-refractivity contribution in [3.63, 3.8) is 0 Å². The summed E-state index contributed by atoms with van der Waals surface area (Å²) < 4.78 is 0. The molecular formula is C12H16N2. The molecule has 0 amide bonds. The summed E-state index contributed by atoms with van der Waals surface area (Å²) in [6, 6.07) is 0.596. The molecule has 0 aromatic heterocycles. The van der Waals surface area contributed by atoms with Gasteiger partial charge in [-0.15, -0.1) is 0 Å². The van der Waals surface area contributed by atoms with Crippen LogP contribution >= 0.6 is 0 Å². The first-order valence-corrected chi connectivity index (χ1v) is 5.56. The van der Waals surface area contributed by atoms with Gasteiger partial charge in [-0.1, -0.05) is 12.2 Å². The topological polar surface area (TPSA) is 15.6 Å². The Hall–Kier alpha value is -0.890. The summed E-state index contributed by atoms with van der Waals surface area (Å²) in [6.45, 7) is 3.61. The van der Waals surface area contributed by atoms with Crippen LogP contribution in [-0.2, 0) is 0 Å². The highest BCUT2D eigenvalue weighted by Crippen LogP contribution is 2.20. The molecule has 74 valence electrons. The lowest BCUT2D eigenvalue weighted by molar-refractivity contribution is 0.230. The monoisotopic (exact) mass is 188 g/mol. The highest BCUT2D eigenvalue weighted by atomic mass is 15.1. The summed E-state index contributed by atoms with van der Waals surface area (Å²) in [4.78, 5) is 7.36. The zero-order chi connectivity index (χ0) is 9.38. The summed E-state index contributed by atoms with van der Waals surface area (Å²) >= 11 is 0. The summed E-state index contributed by atoms with van der Waals surface area (Å²) in [6.07, 6.45) is 10.3. The van der Waals surface area contributed by atoms with Gasteiger partial charge in [0.1, 0.15) is 0 Å². The number of piperidine rings is 1. The number of allylic oxidation sites excluding steroid dienone is 2. The summed E-state index contributed by atoms with van der Waals surface area (Å²) in [7, 11) is 0. The highest BCUT2D eigenvalue weighted by molar-refractivity contribution is 5.97. The third-order valence-corrected chi connectivity index (χ3v) is 3.37. The predicted octanol–water partition coefficient (Wildman–Crippen LogP) is 1.79. The number of hydrogen-bond acceptors (Lipinski definition) is 2. The molecule has 1 saturated heterocycles. The molecule has 4 bridgehead atoms. The number of nitrogens with zero attached hydrogens (tertiary/aromatic N) is 2. The fourth-order valence-corrected chi connectivity index (χ4v) is 2.49. The smallest absolute Gasteiger partial charge is 0.0527 e. The SMILES string of the molecule is C1=CC2=NC3CCN(CC3)CC1=CC2. The third kappa shape index (κ3) is 1.55. The van der Waals surface area contributed by atoms with Crippen LogP contribution in [0.1, 0.15) is 19.3 Å². The van der Waals surface area contributed by atoms with E-state index < -0.39 is 0 Å². The van der Waals surface area contributed by atoms with E-state index in [0.29, 0.717) is 6.04 Å². The Morgan fingerprint density at radius 3 is 2.79 bits per heavy atom. The van der Waals surface area contributed by atoms with Crippen molar-refractivity contribution >= 4 is 5.71 Å². The molecule has 1 aliphatic carbocycles. The van der Waals surface area contributed by atoms with E-state index >= 15 is 0 Å². The normalized spacial score (nSPS) is 35.4. The summed E-state index contributed by atoms with van der Waals surface area (Å²) in [5, 5.41) is 0. The van der Waals surface area contributed by atoms with Gasteiger partial charge < -0.3 is 0 Å². The molecule has 2 heteroatoms. The fourth-order valence-electron chi connectivity index (χ4n) is 2.49. The zero-order valence-electron chi connectivity index (χ0n) is 8.45. The molecule has 0 spiro atoms. The average Bonchev–Trinajstić information content (AvgIpc) is 2.27. The molecule has 0 N–H and O–H groups in total. The van der Waals surface area contributed by atoms with Gasteiger partial charge in [0.15, 0.2) is 0 Å². The van der Waals surface area contributed by atoms with Crippen LogP contribution in [0.5, 0.6) is 0 Å². The third-order valence-electron chi connectivity index (χ3n) is 3.37. The maximum atomic E-state index is 4.81. The van der Waals surface area contributed by atoms with Gasteiger partial charge >= 0.3 is 0 Å². The maximum Gasteiger partial charge on any atom is 0.0527 e. The maximum absolute atomic E-state index is 4.81. The van der Waals surface area contributed by atoms with Crippen LogP contribution in [0.25, 0.3) is 0 Å². The minimum atomic E-state index is 0.596. The second kappa shape index (κ2) is 3.35. The van der Waals surface area contributed by atoms with Gasteiger partial charge in [-0.3, -0.25) is 9.89 Å². The molecule has 0 radical (unpaired) electrons. The van der Waals surface area contributed by atoms with E-state index in [9.17, 15) is 0 Å². The molecule has 0 atom stereocenters. The van der Waals surface area contributed by atoms with Gasteiger partial charge in [0, 0.05) is 31.8 Å². The number of hydrogen-bond donors (Lipinski definition) is 0. The van der Waals surface area contributed by atoms with Crippen molar-refractivity contribution < 1.29 is 0 Å². The van der Waals surface area contributed by atoms with Crippen molar-refractivity contribution in [3.8, 4) is 0 Å². The van der Waals surface area contributed by atoms with E-state index in [0.717, 1.165) is 13.0 Å². The first-order chi connectivity index (χ1) is 6.90. The van der Waals surface area contributed by atoms with Gasteiger partial charge in [-0.25, -0.2) is 0 Å². The van der Waals surface area contributed by atoms with E-state index in [1.54, 1.807) is 0 Å². The van der Waals surface area contributed by atoms with Gasteiger partial charge in [0.25, 0.3) is 0 Å². The minimum absolute atomic E-state index is 0.596. The van der Waals surface area contributed by atoms with E-state index in [-0.39, 0.29) is 0 Å².